The van der Waals surface area contributed by atoms with Crippen LogP contribution < -0.4 is 0 Å². The number of allylic oxidation sites excluding steroid dienone is 4. The average molecular weight is 295 g/mol. The van der Waals surface area contributed by atoms with Crippen LogP contribution in [0.25, 0.3) is 0 Å². The van der Waals surface area contributed by atoms with Crippen molar-refractivity contribution in [3.05, 3.63) is 24.3 Å². The predicted octanol–water partition coefficient (Wildman–Crippen LogP) is 6.12. The van der Waals surface area contributed by atoms with Crippen LogP contribution in [0, 0.1) is 0 Å². The largest absolute Gasteiger partial charge is 0.324 e. The first-order valence-electron chi connectivity index (χ1n) is 9.32. The van der Waals surface area contributed by atoms with Crippen LogP contribution in [-0.4, -0.2) is 30.7 Å². The van der Waals surface area contributed by atoms with Crippen molar-refractivity contribution in [3.8, 4) is 0 Å². The molecule has 0 aromatic carbocycles. The van der Waals surface area contributed by atoms with E-state index in [1.54, 1.807) is 0 Å². The fourth-order valence-corrected chi connectivity index (χ4v) is 3.07. The summed E-state index contributed by atoms with van der Waals surface area (Å²) in [5.74, 6) is 0. The molecular weight excluding hydrogens is 254 g/mol. The molecule has 0 N–H and O–H groups in total. The highest BCUT2D eigenvalue weighted by atomic mass is 15.3. The highest BCUT2D eigenvalue weighted by molar-refractivity contribution is 4.76. The summed E-state index contributed by atoms with van der Waals surface area (Å²) in [4.78, 5) is 0. The Bertz CT molecular complexity index is 237. The second kappa shape index (κ2) is 14.4. The Kier molecular flexibility index (Phi) is 14.0. The summed E-state index contributed by atoms with van der Waals surface area (Å²) in [6.45, 7) is 14.4. The third-order valence-corrected chi connectivity index (χ3v) is 4.82. The van der Waals surface area contributed by atoms with E-state index in [9.17, 15) is 0 Å². The second-order valence-corrected chi connectivity index (χ2v) is 6.26. The van der Waals surface area contributed by atoms with E-state index in [4.69, 9.17) is 0 Å². The maximum atomic E-state index is 2.38. The van der Waals surface area contributed by atoms with Crippen molar-refractivity contribution in [2.45, 2.75) is 79.1 Å². The van der Waals surface area contributed by atoms with Gasteiger partial charge in [0, 0.05) is 0 Å². The molecule has 124 valence electrons. The van der Waals surface area contributed by atoms with Gasteiger partial charge in [0.05, 0.1) is 26.2 Å². The third-order valence-electron chi connectivity index (χ3n) is 4.82. The predicted molar refractivity (Wildman–Crippen MR) is 97.6 cm³/mol. The molecule has 0 aliphatic heterocycles. The lowest BCUT2D eigenvalue weighted by Gasteiger charge is -2.37. The minimum absolute atomic E-state index is 1.26. The minimum atomic E-state index is 1.26. The molecule has 0 aliphatic rings. The van der Waals surface area contributed by atoms with E-state index >= 15 is 0 Å². The number of hydrogen-bond acceptors (Lipinski definition) is 0. The maximum Gasteiger partial charge on any atom is 0.0786 e. The molecule has 0 atom stereocenters. The summed E-state index contributed by atoms with van der Waals surface area (Å²) in [6.07, 6.45) is 19.8. The van der Waals surface area contributed by atoms with Crippen LogP contribution in [0.4, 0.5) is 0 Å². The molecule has 21 heavy (non-hydrogen) atoms. The topological polar surface area (TPSA) is 0 Å². The molecule has 1 nitrogen and oxygen atoms in total. The zero-order chi connectivity index (χ0) is 15.8. The molecule has 0 saturated carbocycles. The van der Waals surface area contributed by atoms with E-state index in [1.165, 1.54) is 82.0 Å². The second-order valence-electron chi connectivity index (χ2n) is 6.26. The summed E-state index contributed by atoms with van der Waals surface area (Å²) in [5, 5.41) is 0. The number of nitrogens with zero attached hydrogens (tertiary/aromatic N) is 1. The van der Waals surface area contributed by atoms with E-state index in [1.807, 2.05) is 0 Å². The van der Waals surface area contributed by atoms with Gasteiger partial charge in [0.2, 0.25) is 0 Å². The molecule has 0 unspecified atom stereocenters. The van der Waals surface area contributed by atoms with Gasteiger partial charge in [-0.2, -0.15) is 0 Å². The van der Waals surface area contributed by atoms with Gasteiger partial charge in [0.1, 0.15) is 0 Å². The van der Waals surface area contributed by atoms with Gasteiger partial charge < -0.3 is 4.48 Å². The molecule has 0 aliphatic carbocycles. The van der Waals surface area contributed by atoms with Crippen LogP contribution in [0.1, 0.15) is 79.1 Å². The van der Waals surface area contributed by atoms with E-state index in [2.05, 4.69) is 52.0 Å². The molecule has 0 aromatic heterocycles. The van der Waals surface area contributed by atoms with E-state index < -0.39 is 0 Å². The molecule has 0 bridgehead atoms. The third kappa shape index (κ3) is 10.8. The van der Waals surface area contributed by atoms with Crippen molar-refractivity contribution in [2.24, 2.45) is 0 Å². The van der Waals surface area contributed by atoms with Gasteiger partial charge in [-0.3, -0.25) is 0 Å². The molecule has 0 saturated heterocycles. The smallest absolute Gasteiger partial charge is 0.0786 e. The van der Waals surface area contributed by atoms with Crippen molar-refractivity contribution >= 4 is 0 Å². The SMILES string of the molecule is C/C=C/CCCCC[N+](CC)(CC)CCCCC/C=C/C. The Hall–Kier alpha value is -0.560. The first-order valence-corrected chi connectivity index (χ1v) is 9.32. The number of unbranched alkanes of at least 4 members (excludes halogenated alkanes) is 6. The van der Waals surface area contributed by atoms with Gasteiger partial charge in [0.15, 0.2) is 0 Å². The van der Waals surface area contributed by atoms with Crippen LogP contribution in [0.15, 0.2) is 24.3 Å². The number of rotatable bonds is 14. The summed E-state index contributed by atoms with van der Waals surface area (Å²) in [5.41, 5.74) is 0. The number of hydrogen-bond donors (Lipinski definition) is 0. The van der Waals surface area contributed by atoms with E-state index in [0.29, 0.717) is 0 Å². The lowest BCUT2D eigenvalue weighted by atomic mass is 10.1. The molecule has 0 spiro atoms. The van der Waals surface area contributed by atoms with Gasteiger partial charge in [-0.15, -0.1) is 0 Å². The number of quaternary nitrogens is 1. The molecule has 1 heteroatoms. The Morgan fingerprint density at radius 3 is 1.38 bits per heavy atom. The first-order chi connectivity index (χ1) is 10.2. The average Bonchev–Trinajstić information content (AvgIpc) is 2.52. The van der Waals surface area contributed by atoms with Gasteiger partial charge >= 0.3 is 0 Å². The quantitative estimate of drug-likeness (QED) is 0.206. The first kappa shape index (κ1) is 20.4. The van der Waals surface area contributed by atoms with Crippen molar-refractivity contribution in [2.75, 3.05) is 26.2 Å². The standard InChI is InChI=1S/C20H40N/c1-5-9-11-13-15-17-19-21(7-3,8-4)20-18-16-14-12-10-6-2/h5-6,9-10H,7-8,11-20H2,1-4H3/q+1/b9-5+,10-6+. The molecule has 0 radical (unpaired) electrons. The van der Waals surface area contributed by atoms with Crippen LogP contribution in [-0.2, 0) is 0 Å². The molecular formula is C20H40N+. The molecule has 0 fully saturated rings. The minimum Gasteiger partial charge on any atom is -0.324 e. The molecule has 0 amide bonds. The zero-order valence-corrected chi connectivity index (χ0v) is 15.2. The Morgan fingerprint density at radius 2 is 1.05 bits per heavy atom. The lowest BCUT2D eigenvalue weighted by molar-refractivity contribution is -0.925. The van der Waals surface area contributed by atoms with Crippen molar-refractivity contribution in [1.82, 2.24) is 0 Å². The fraction of sp³-hybridized carbons (Fsp3) is 0.800. The zero-order valence-electron chi connectivity index (χ0n) is 15.2. The normalized spacial score (nSPS) is 12.8. The Morgan fingerprint density at radius 1 is 0.619 bits per heavy atom. The van der Waals surface area contributed by atoms with E-state index in [-0.39, 0.29) is 0 Å². The summed E-state index contributed by atoms with van der Waals surface area (Å²) < 4.78 is 1.34. The lowest BCUT2D eigenvalue weighted by Crippen LogP contribution is -2.49. The Balaban J connectivity index is 3.88. The van der Waals surface area contributed by atoms with Gasteiger partial charge in [0.25, 0.3) is 0 Å². The van der Waals surface area contributed by atoms with Crippen molar-refractivity contribution in [1.29, 1.82) is 0 Å². The molecule has 0 rings (SSSR count). The summed E-state index contributed by atoms with van der Waals surface area (Å²) in [6, 6.07) is 0. The maximum absolute atomic E-state index is 2.38. The van der Waals surface area contributed by atoms with Crippen LogP contribution in [0.5, 0.6) is 0 Å². The van der Waals surface area contributed by atoms with Gasteiger partial charge in [-0.25, -0.2) is 0 Å². The Labute approximate surface area is 134 Å². The van der Waals surface area contributed by atoms with Crippen LogP contribution in [0.2, 0.25) is 0 Å². The van der Waals surface area contributed by atoms with Crippen LogP contribution >= 0.6 is 0 Å². The highest BCUT2D eigenvalue weighted by Crippen LogP contribution is 2.14. The van der Waals surface area contributed by atoms with E-state index in [0.717, 1.165) is 0 Å². The van der Waals surface area contributed by atoms with Gasteiger partial charge in [-0.1, -0.05) is 24.3 Å². The highest BCUT2D eigenvalue weighted by Gasteiger charge is 2.21. The molecule has 0 aromatic rings. The summed E-state index contributed by atoms with van der Waals surface area (Å²) in [7, 11) is 0. The fourth-order valence-electron chi connectivity index (χ4n) is 3.07. The van der Waals surface area contributed by atoms with Crippen molar-refractivity contribution in [3.63, 3.8) is 0 Å². The van der Waals surface area contributed by atoms with Crippen LogP contribution in [0.3, 0.4) is 0 Å². The molecule has 0 heterocycles. The summed E-state index contributed by atoms with van der Waals surface area (Å²) >= 11 is 0. The van der Waals surface area contributed by atoms with Gasteiger partial charge in [-0.05, 0) is 79.1 Å². The monoisotopic (exact) mass is 294 g/mol. The van der Waals surface area contributed by atoms with Crippen molar-refractivity contribution < 1.29 is 4.48 Å².